The summed E-state index contributed by atoms with van der Waals surface area (Å²) in [5, 5.41) is 0.598. The van der Waals surface area contributed by atoms with Crippen molar-refractivity contribution in [1.29, 1.82) is 0 Å². The largest absolute Gasteiger partial charge is 0.306 e. The summed E-state index contributed by atoms with van der Waals surface area (Å²) in [6.45, 7) is 6.06. The summed E-state index contributed by atoms with van der Waals surface area (Å²) in [7, 11) is 0. The van der Waals surface area contributed by atoms with Gasteiger partial charge in [-0.2, -0.15) is 0 Å². The lowest BCUT2D eigenvalue weighted by Gasteiger charge is -1.99. The molecule has 1 aromatic carbocycles. The second-order valence-electron chi connectivity index (χ2n) is 2.35. The molecule has 1 rings (SSSR count). The highest BCUT2D eigenvalue weighted by molar-refractivity contribution is 6.30. The predicted octanol–water partition coefficient (Wildman–Crippen LogP) is 3.27. The lowest BCUT2D eigenvalue weighted by Crippen LogP contribution is -1.94. The van der Waals surface area contributed by atoms with Crippen LogP contribution >= 0.6 is 11.6 Å². The lowest BCUT2D eigenvalue weighted by atomic mass is 10.1. The van der Waals surface area contributed by atoms with E-state index in [2.05, 4.69) is 4.85 Å². The second kappa shape index (κ2) is 4.08. The number of hydrogen-bond acceptors (Lipinski definition) is 0. The van der Waals surface area contributed by atoms with E-state index in [0.717, 1.165) is 0 Å². The SMILES string of the molecule is [C-]#[N+]C(CF)c1ccc(Cl)cc1. The molecule has 12 heavy (non-hydrogen) atoms. The van der Waals surface area contributed by atoms with Gasteiger partial charge >= 0.3 is 0 Å². The number of nitrogens with zero attached hydrogens (tertiary/aromatic N) is 1. The summed E-state index contributed by atoms with van der Waals surface area (Å²) in [5.41, 5.74) is 0.678. The number of alkyl halides is 1. The van der Waals surface area contributed by atoms with Crippen molar-refractivity contribution < 1.29 is 4.39 Å². The summed E-state index contributed by atoms with van der Waals surface area (Å²) >= 11 is 5.63. The van der Waals surface area contributed by atoms with Gasteiger partial charge in [0, 0.05) is 10.6 Å². The van der Waals surface area contributed by atoms with Gasteiger partial charge in [-0.25, -0.2) is 11.0 Å². The van der Waals surface area contributed by atoms with Crippen molar-refractivity contribution in [2.24, 2.45) is 0 Å². The molecule has 0 aliphatic carbocycles. The molecule has 0 spiro atoms. The average Bonchev–Trinajstić information content (AvgIpc) is 2.10. The molecular formula is C9H7ClFN. The third kappa shape index (κ3) is 1.96. The van der Waals surface area contributed by atoms with Crippen LogP contribution in [0.2, 0.25) is 5.02 Å². The molecule has 0 radical (unpaired) electrons. The van der Waals surface area contributed by atoms with Crippen LogP contribution in [-0.4, -0.2) is 6.67 Å². The fraction of sp³-hybridized carbons (Fsp3) is 0.222. The highest BCUT2D eigenvalue weighted by Crippen LogP contribution is 2.19. The smallest absolute Gasteiger partial charge is 0.276 e. The van der Waals surface area contributed by atoms with E-state index in [1.54, 1.807) is 24.3 Å². The minimum Gasteiger partial charge on any atom is -0.306 e. The fourth-order valence-electron chi connectivity index (χ4n) is 0.883. The van der Waals surface area contributed by atoms with Crippen molar-refractivity contribution >= 4 is 11.6 Å². The third-order valence-electron chi connectivity index (χ3n) is 1.56. The van der Waals surface area contributed by atoms with Gasteiger partial charge in [-0.3, -0.25) is 0 Å². The van der Waals surface area contributed by atoms with Crippen molar-refractivity contribution in [2.45, 2.75) is 6.04 Å². The van der Waals surface area contributed by atoms with E-state index in [4.69, 9.17) is 18.2 Å². The highest BCUT2D eigenvalue weighted by atomic mass is 35.5. The van der Waals surface area contributed by atoms with E-state index in [9.17, 15) is 4.39 Å². The molecule has 62 valence electrons. The van der Waals surface area contributed by atoms with Crippen LogP contribution in [0, 0.1) is 6.57 Å². The fourth-order valence-corrected chi connectivity index (χ4v) is 1.01. The number of rotatable bonds is 2. The first kappa shape index (κ1) is 9.02. The molecular weight excluding hydrogens is 177 g/mol. The molecule has 0 aliphatic heterocycles. The van der Waals surface area contributed by atoms with Gasteiger partial charge in [0.25, 0.3) is 6.04 Å². The third-order valence-corrected chi connectivity index (χ3v) is 1.81. The van der Waals surface area contributed by atoms with Gasteiger partial charge in [0.15, 0.2) is 6.67 Å². The first-order chi connectivity index (χ1) is 5.77. The lowest BCUT2D eigenvalue weighted by molar-refractivity contribution is 0.465. The molecule has 0 saturated carbocycles. The average molecular weight is 184 g/mol. The Bertz CT molecular complexity index is 288. The number of hydrogen-bond donors (Lipinski definition) is 0. The van der Waals surface area contributed by atoms with Crippen LogP contribution in [0.15, 0.2) is 24.3 Å². The van der Waals surface area contributed by atoms with Crippen LogP contribution < -0.4 is 0 Å². The summed E-state index contributed by atoms with van der Waals surface area (Å²) in [6, 6.07) is 5.98. The van der Waals surface area contributed by atoms with Crippen molar-refractivity contribution in [3.8, 4) is 0 Å². The van der Waals surface area contributed by atoms with Crippen LogP contribution in [0.4, 0.5) is 4.39 Å². The minimum atomic E-state index is -0.678. The van der Waals surface area contributed by atoms with Crippen LogP contribution in [0.25, 0.3) is 4.85 Å². The van der Waals surface area contributed by atoms with Gasteiger partial charge < -0.3 is 4.85 Å². The van der Waals surface area contributed by atoms with Gasteiger partial charge in [0.2, 0.25) is 0 Å². The predicted molar refractivity (Wildman–Crippen MR) is 46.8 cm³/mol. The molecule has 0 saturated heterocycles. The Hall–Kier alpha value is -1.07. The van der Waals surface area contributed by atoms with Crippen molar-refractivity contribution in [3.63, 3.8) is 0 Å². The first-order valence-corrected chi connectivity index (χ1v) is 3.83. The Morgan fingerprint density at radius 3 is 2.42 bits per heavy atom. The number of benzene rings is 1. The monoisotopic (exact) mass is 183 g/mol. The number of halogens is 2. The van der Waals surface area contributed by atoms with Gasteiger partial charge in [0.05, 0.1) is 0 Å². The molecule has 1 nitrogen and oxygen atoms in total. The van der Waals surface area contributed by atoms with Gasteiger partial charge in [-0.15, -0.1) is 0 Å². The van der Waals surface area contributed by atoms with Crippen LogP contribution in [0.3, 0.4) is 0 Å². The molecule has 0 aliphatic rings. The Morgan fingerprint density at radius 1 is 1.42 bits per heavy atom. The van der Waals surface area contributed by atoms with E-state index in [1.807, 2.05) is 0 Å². The zero-order valence-electron chi connectivity index (χ0n) is 6.30. The normalized spacial score (nSPS) is 12.1. The molecule has 0 aromatic heterocycles. The molecule has 1 unspecified atom stereocenters. The zero-order valence-corrected chi connectivity index (χ0v) is 7.05. The topological polar surface area (TPSA) is 4.36 Å². The molecule has 1 aromatic rings. The highest BCUT2D eigenvalue weighted by Gasteiger charge is 2.13. The Labute approximate surface area is 75.6 Å². The van der Waals surface area contributed by atoms with Gasteiger partial charge in [-0.05, 0) is 24.3 Å². The van der Waals surface area contributed by atoms with E-state index < -0.39 is 12.7 Å². The van der Waals surface area contributed by atoms with Crippen LogP contribution in [0.1, 0.15) is 11.6 Å². The summed E-state index contributed by atoms with van der Waals surface area (Å²) in [4.78, 5) is 3.14. The maximum atomic E-state index is 12.2. The zero-order chi connectivity index (χ0) is 8.97. The van der Waals surface area contributed by atoms with Crippen molar-refractivity contribution in [1.82, 2.24) is 0 Å². The van der Waals surface area contributed by atoms with Crippen molar-refractivity contribution in [3.05, 3.63) is 46.3 Å². The maximum Gasteiger partial charge on any atom is 0.276 e. The van der Waals surface area contributed by atoms with Gasteiger partial charge in [-0.1, -0.05) is 11.6 Å². The van der Waals surface area contributed by atoms with E-state index >= 15 is 0 Å². The standard InChI is InChI=1S/C9H7ClFN/c1-12-9(6-11)7-2-4-8(10)5-3-7/h2-5,9H,6H2. The second-order valence-corrected chi connectivity index (χ2v) is 2.79. The van der Waals surface area contributed by atoms with Crippen LogP contribution in [0.5, 0.6) is 0 Å². The van der Waals surface area contributed by atoms with E-state index in [0.29, 0.717) is 10.6 Å². The Kier molecular flexibility index (Phi) is 3.07. The summed E-state index contributed by atoms with van der Waals surface area (Å²) in [5.74, 6) is 0. The van der Waals surface area contributed by atoms with Gasteiger partial charge in [0.1, 0.15) is 0 Å². The molecule has 0 N–H and O–H groups in total. The molecule has 0 fully saturated rings. The molecule has 0 heterocycles. The minimum absolute atomic E-state index is 0.598. The van der Waals surface area contributed by atoms with Crippen LogP contribution in [-0.2, 0) is 0 Å². The quantitative estimate of drug-likeness (QED) is 0.620. The summed E-state index contributed by atoms with van der Waals surface area (Å²) in [6.07, 6.45) is 0. The molecule has 1 atom stereocenters. The van der Waals surface area contributed by atoms with E-state index in [1.165, 1.54) is 0 Å². The Balaban J connectivity index is 2.89. The molecule has 3 heteroatoms. The Morgan fingerprint density at radius 2 is 2.00 bits per heavy atom. The molecule has 0 bridgehead atoms. The molecule has 0 amide bonds. The van der Waals surface area contributed by atoms with E-state index in [-0.39, 0.29) is 0 Å². The van der Waals surface area contributed by atoms with Crippen molar-refractivity contribution in [2.75, 3.05) is 6.67 Å². The maximum absolute atomic E-state index is 12.2. The summed E-state index contributed by atoms with van der Waals surface area (Å²) < 4.78 is 12.2. The first-order valence-electron chi connectivity index (χ1n) is 3.46.